The first-order valence-electron chi connectivity index (χ1n) is 11.7. The number of hydrogen-bond acceptors (Lipinski definition) is 5. The SMILES string of the molecule is O=C(c1ccc2c(ccn2-c2ccc(F)cc2)c1)N1CC(NC2CCN(C(=O)c3nccs3)C2)C1. The van der Waals surface area contributed by atoms with Gasteiger partial charge in [0.25, 0.3) is 11.8 Å². The Morgan fingerprint density at radius 1 is 0.971 bits per heavy atom. The highest BCUT2D eigenvalue weighted by Crippen LogP contribution is 2.24. The molecule has 0 aliphatic carbocycles. The lowest BCUT2D eigenvalue weighted by molar-refractivity contribution is 0.0553. The molecule has 0 saturated carbocycles. The Bertz CT molecular complexity index is 1380. The lowest BCUT2D eigenvalue weighted by Gasteiger charge is -2.41. The lowest BCUT2D eigenvalue weighted by Crippen LogP contribution is -2.62. The molecule has 2 aromatic heterocycles. The van der Waals surface area contributed by atoms with Gasteiger partial charge in [0.1, 0.15) is 5.82 Å². The summed E-state index contributed by atoms with van der Waals surface area (Å²) in [7, 11) is 0. The molecule has 2 fully saturated rings. The van der Waals surface area contributed by atoms with Gasteiger partial charge in [0.2, 0.25) is 0 Å². The van der Waals surface area contributed by atoms with Crippen LogP contribution in [0.2, 0.25) is 0 Å². The Kier molecular flexibility index (Phi) is 5.58. The molecule has 9 heteroatoms. The number of fused-ring (bicyclic) bond motifs is 1. The van der Waals surface area contributed by atoms with Crippen LogP contribution in [-0.2, 0) is 0 Å². The molecule has 0 bridgehead atoms. The molecular formula is C26H24FN5O2S. The van der Waals surface area contributed by atoms with Crippen LogP contribution < -0.4 is 5.32 Å². The van der Waals surface area contributed by atoms with Crippen molar-refractivity contribution < 1.29 is 14.0 Å². The molecule has 1 N–H and O–H groups in total. The fourth-order valence-corrected chi connectivity index (χ4v) is 5.52. The predicted molar refractivity (Wildman–Crippen MR) is 132 cm³/mol. The third-order valence-electron chi connectivity index (χ3n) is 6.77. The molecule has 35 heavy (non-hydrogen) atoms. The maximum atomic E-state index is 13.3. The van der Waals surface area contributed by atoms with E-state index in [2.05, 4.69) is 10.3 Å². The van der Waals surface area contributed by atoms with Gasteiger partial charge in [-0.25, -0.2) is 9.37 Å². The molecule has 4 aromatic rings. The molecular weight excluding hydrogens is 465 g/mol. The number of thiazole rings is 1. The van der Waals surface area contributed by atoms with Gasteiger partial charge in [-0.05, 0) is 55.0 Å². The number of halogens is 1. The Labute approximate surface area is 205 Å². The zero-order chi connectivity index (χ0) is 23.9. The highest BCUT2D eigenvalue weighted by atomic mass is 32.1. The van der Waals surface area contributed by atoms with Crippen molar-refractivity contribution in [2.24, 2.45) is 0 Å². The van der Waals surface area contributed by atoms with Crippen molar-refractivity contribution in [3.8, 4) is 5.69 Å². The first-order chi connectivity index (χ1) is 17.0. The number of benzene rings is 2. The second kappa shape index (κ2) is 8.90. The number of hydrogen-bond donors (Lipinski definition) is 1. The summed E-state index contributed by atoms with van der Waals surface area (Å²) in [5, 5.41) is 6.92. The molecule has 2 aromatic carbocycles. The largest absolute Gasteiger partial charge is 0.335 e. The Morgan fingerprint density at radius 3 is 2.54 bits per heavy atom. The van der Waals surface area contributed by atoms with Gasteiger partial charge in [-0.1, -0.05) is 0 Å². The van der Waals surface area contributed by atoms with Gasteiger partial charge in [-0.3, -0.25) is 9.59 Å². The molecule has 7 nitrogen and oxygen atoms in total. The van der Waals surface area contributed by atoms with Gasteiger partial charge >= 0.3 is 0 Å². The number of rotatable bonds is 5. The summed E-state index contributed by atoms with van der Waals surface area (Å²) in [6.45, 7) is 2.71. The number of aromatic nitrogens is 2. The number of carbonyl (C=O) groups excluding carboxylic acids is 2. The molecule has 0 spiro atoms. The fraction of sp³-hybridized carbons (Fsp3) is 0.269. The number of likely N-dealkylation sites (tertiary alicyclic amines) is 2. The molecule has 2 aliphatic rings. The van der Waals surface area contributed by atoms with Crippen LogP contribution in [0.25, 0.3) is 16.6 Å². The van der Waals surface area contributed by atoms with Crippen molar-refractivity contribution in [3.05, 3.63) is 82.7 Å². The van der Waals surface area contributed by atoms with E-state index < -0.39 is 0 Å². The van der Waals surface area contributed by atoms with E-state index in [4.69, 9.17) is 0 Å². The molecule has 4 heterocycles. The summed E-state index contributed by atoms with van der Waals surface area (Å²) in [4.78, 5) is 33.3. The number of nitrogens with one attached hydrogen (secondary N) is 1. The van der Waals surface area contributed by atoms with Gasteiger partial charge in [-0.2, -0.15) is 0 Å². The highest BCUT2D eigenvalue weighted by Gasteiger charge is 2.35. The van der Waals surface area contributed by atoms with Gasteiger partial charge in [0.05, 0.1) is 5.52 Å². The summed E-state index contributed by atoms with van der Waals surface area (Å²) in [6, 6.07) is 14.5. The van der Waals surface area contributed by atoms with Crippen molar-refractivity contribution in [2.75, 3.05) is 26.2 Å². The Hall–Kier alpha value is -3.56. The number of carbonyl (C=O) groups is 2. The van der Waals surface area contributed by atoms with E-state index in [0.717, 1.165) is 29.6 Å². The summed E-state index contributed by atoms with van der Waals surface area (Å²) in [6.07, 6.45) is 4.49. The topological polar surface area (TPSA) is 70.5 Å². The summed E-state index contributed by atoms with van der Waals surface area (Å²) in [5.74, 6) is -0.250. The summed E-state index contributed by atoms with van der Waals surface area (Å²) < 4.78 is 15.3. The maximum absolute atomic E-state index is 13.3. The zero-order valence-electron chi connectivity index (χ0n) is 18.9. The van der Waals surface area contributed by atoms with E-state index in [1.54, 1.807) is 18.3 Å². The predicted octanol–water partition coefficient (Wildman–Crippen LogP) is 3.55. The van der Waals surface area contributed by atoms with Crippen molar-refractivity contribution in [2.45, 2.75) is 18.5 Å². The summed E-state index contributed by atoms with van der Waals surface area (Å²) >= 11 is 1.37. The average Bonchev–Trinajstić information content (AvgIpc) is 3.61. The van der Waals surface area contributed by atoms with Gasteiger partial charge in [0.15, 0.2) is 5.01 Å². The molecule has 178 valence electrons. The third kappa shape index (κ3) is 4.21. The van der Waals surface area contributed by atoms with E-state index in [-0.39, 0.29) is 29.7 Å². The first kappa shape index (κ1) is 21.9. The van der Waals surface area contributed by atoms with Crippen LogP contribution in [0.4, 0.5) is 4.39 Å². The van der Waals surface area contributed by atoms with E-state index >= 15 is 0 Å². The van der Waals surface area contributed by atoms with E-state index in [1.165, 1.54) is 23.5 Å². The van der Waals surface area contributed by atoms with Crippen LogP contribution >= 0.6 is 11.3 Å². The average molecular weight is 490 g/mol. The minimum Gasteiger partial charge on any atom is -0.335 e. The number of nitrogens with zero attached hydrogens (tertiary/aromatic N) is 4. The fourth-order valence-electron chi connectivity index (χ4n) is 4.91. The maximum Gasteiger partial charge on any atom is 0.282 e. The van der Waals surface area contributed by atoms with Crippen LogP contribution in [0.15, 0.2) is 66.3 Å². The van der Waals surface area contributed by atoms with Crippen LogP contribution in [0.5, 0.6) is 0 Å². The van der Waals surface area contributed by atoms with E-state index in [1.807, 2.05) is 50.2 Å². The third-order valence-corrected chi connectivity index (χ3v) is 7.53. The van der Waals surface area contributed by atoms with Crippen molar-refractivity contribution in [1.82, 2.24) is 24.7 Å². The monoisotopic (exact) mass is 489 g/mol. The van der Waals surface area contributed by atoms with Gasteiger partial charge < -0.3 is 19.7 Å². The van der Waals surface area contributed by atoms with Crippen molar-refractivity contribution in [1.29, 1.82) is 0 Å². The van der Waals surface area contributed by atoms with E-state index in [0.29, 0.717) is 30.2 Å². The molecule has 6 rings (SSSR count). The highest BCUT2D eigenvalue weighted by molar-refractivity contribution is 7.11. The van der Waals surface area contributed by atoms with Crippen LogP contribution in [0.3, 0.4) is 0 Å². The standard InChI is InChI=1S/C26H24FN5O2S/c27-19-2-4-22(5-3-19)32-11-7-17-13-18(1-6-23(17)32)25(33)31-15-21(16-31)29-20-8-10-30(14-20)26(34)24-28-9-12-35-24/h1-7,9,11-13,20-21,29H,8,10,14-16H2. The minimum absolute atomic E-state index is 0.00151. The van der Waals surface area contributed by atoms with Crippen molar-refractivity contribution in [3.63, 3.8) is 0 Å². The molecule has 2 saturated heterocycles. The Morgan fingerprint density at radius 2 is 1.77 bits per heavy atom. The van der Waals surface area contributed by atoms with Gasteiger partial charge in [0, 0.05) is 72.7 Å². The molecule has 2 aliphatic heterocycles. The zero-order valence-corrected chi connectivity index (χ0v) is 19.7. The number of amides is 2. The minimum atomic E-state index is -0.269. The second-order valence-electron chi connectivity index (χ2n) is 9.08. The second-order valence-corrected chi connectivity index (χ2v) is 9.98. The van der Waals surface area contributed by atoms with Gasteiger partial charge in [-0.15, -0.1) is 11.3 Å². The molecule has 0 radical (unpaired) electrons. The van der Waals surface area contributed by atoms with Crippen LogP contribution in [0.1, 0.15) is 26.6 Å². The summed E-state index contributed by atoms with van der Waals surface area (Å²) in [5.41, 5.74) is 2.50. The van der Waals surface area contributed by atoms with Crippen LogP contribution in [-0.4, -0.2) is 69.4 Å². The molecule has 2 amide bonds. The van der Waals surface area contributed by atoms with Crippen LogP contribution in [0, 0.1) is 5.82 Å². The van der Waals surface area contributed by atoms with E-state index in [9.17, 15) is 14.0 Å². The molecule has 1 atom stereocenters. The normalized spacial score (nSPS) is 18.3. The first-order valence-corrected chi connectivity index (χ1v) is 12.5. The lowest BCUT2D eigenvalue weighted by atomic mass is 10.0. The quantitative estimate of drug-likeness (QED) is 0.466. The Balaban J connectivity index is 1.05. The smallest absolute Gasteiger partial charge is 0.282 e. The molecule has 1 unspecified atom stereocenters. The van der Waals surface area contributed by atoms with Crippen molar-refractivity contribution >= 4 is 34.1 Å².